The van der Waals surface area contributed by atoms with Crippen molar-refractivity contribution in [2.24, 2.45) is 16.2 Å². The Kier molecular flexibility index (Phi) is 3.70. The molecule has 0 aromatic heterocycles. The highest BCUT2D eigenvalue weighted by atomic mass is 31.2. The van der Waals surface area contributed by atoms with Crippen LogP contribution in [-0.4, -0.2) is 43.5 Å². The first-order chi connectivity index (χ1) is 5.30. The maximum absolute atomic E-state index is 11.9. The van der Waals surface area contributed by atoms with Gasteiger partial charge < -0.3 is 11.5 Å². The molecule has 0 unspecified atom stereocenters. The minimum absolute atomic E-state index is 0.166. The summed E-state index contributed by atoms with van der Waals surface area (Å²) in [5.74, 6) is -0.166. The summed E-state index contributed by atoms with van der Waals surface area (Å²) >= 11 is 0. The minimum Gasteiger partial charge on any atom is -0.370 e. The Morgan fingerprint density at radius 3 is 1.58 bits per heavy atom. The molecule has 0 aliphatic rings. The molecule has 0 spiro atoms. The van der Waals surface area contributed by atoms with Crippen molar-refractivity contribution in [1.82, 2.24) is 9.34 Å². The molecular formula is C5H16N5OP. The Balaban J connectivity index is 4.90. The molecule has 0 amide bonds. The van der Waals surface area contributed by atoms with Crippen molar-refractivity contribution < 1.29 is 4.57 Å². The lowest BCUT2D eigenvalue weighted by atomic mass is 11.1. The lowest BCUT2D eigenvalue weighted by molar-refractivity contribution is 0.449. The lowest BCUT2D eigenvalue weighted by Gasteiger charge is -2.25. The van der Waals surface area contributed by atoms with Crippen molar-refractivity contribution >= 4 is 13.6 Å². The zero-order valence-corrected chi connectivity index (χ0v) is 8.75. The van der Waals surface area contributed by atoms with E-state index in [0.717, 1.165) is 0 Å². The van der Waals surface area contributed by atoms with E-state index in [2.05, 4.69) is 4.76 Å². The van der Waals surface area contributed by atoms with Gasteiger partial charge in [-0.3, -0.25) is 4.57 Å². The zero-order valence-electron chi connectivity index (χ0n) is 7.85. The molecule has 0 aliphatic heterocycles. The van der Waals surface area contributed by atoms with E-state index in [1.54, 1.807) is 28.2 Å². The molecule has 0 bridgehead atoms. The smallest absolute Gasteiger partial charge is 0.331 e. The van der Waals surface area contributed by atoms with Crippen LogP contribution in [0.2, 0.25) is 0 Å². The number of rotatable bonds is 3. The predicted molar refractivity (Wildman–Crippen MR) is 50.8 cm³/mol. The van der Waals surface area contributed by atoms with Crippen molar-refractivity contribution in [3.63, 3.8) is 0 Å². The highest BCUT2D eigenvalue weighted by molar-refractivity contribution is 7.57. The van der Waals surface area contributed by atoms with Gasteiger partial charge >= 0.3 is 7.59 Å². The van der Waals surface area contributed by atoms with E-state index in [1.165, 1.54) is 9.34 Å². The van der Waals surface area contributed by atoms with E-state index in [4.69, 9.17) is 11.5 Å². The number of guanidine groups is 1. The second kappa shape index (κ2) is 3.89. The van der Waals surface area contributed by atoms with Crippen molar-refractivity contribution in [3.8, 4) is 0 Å². The summed E-state index contributed by atoms with van der Waals surface area (Å²) in [5, 5.41) is 0. The third kappa shape index (κ3) is 2.48. The molecule has 4 N–H and O–H groups in total. The van der Waals surface area contributed by atoms with Gasteiger partial charge in [0.15, 0.2) is 5.96 Å². The summed E-state index contributed by atoms with van der Waals surface area (Å²) in [4.78, 5) is 0. The van der Waals surface area contributed by atoms with Crippen LogP contribution in [0.25, 0.3) is 0 Å². The molecule has 0 saturated heterocycles. The van der Waals surface area contributed by atoms with Crippen LogP contribution < -0.4 is 11.5 Å². The van der Waals surface area contributed by atoms with Gasteiger partial charge in [0.2, 0.25) is 0 Å². The van der Waals surface area contributed by atoms with E-state index in [-0.39, 0.29) is 5.96 Å². The molecule has 12 heavy (non-hydrogen) atoms. The Morgan fingerprint density at radius 2 is 1.50 bits per heavy atom. The molecule has 0 aliphatic carbocycles. The van der Waals surface area contributed by atoms with Gasteiger partial charge in [-0.1, -0.05) is 0 Å². The summed E-state index contributed by atoms with van der Waals surface area (Å²) in [5.41, 5.74) is 10.3. The number of nitrogens with two attached hydrogens (primary N) is 2. The fourth-order valence-corrected chi connectivity index (χ4v) is 2.06. The van der Waals surface area contributed by atoms with E-state index >= 15 is 0 Å². The predicted octanol–water partition coefficient (Wildman–Crippen LogP) is -0.509. The Bertz CT molecular complexity index is 208. The van der Waals surface area contributed by atoms with Crippen LogP contribution >= 0.6 is 7.59 Å². The van der Waals surface area contributed by atoms with E-state index < -0.39 is 7.59 Å². The van der Waals surface area contributed by atoms with Gasteiger partial charge in [0.25, 0.3) is 0 Å². The molecule has 0 aromatic rings. The van der Waals surface area contributed by atoms with E-state index in [1.807, 2.05) is 0 Å². The monoisotopic (exact) mass is 193 g/mol. The van der Waals surface area contributed by atoms with Gasteiger partial charge in [-0.2, -0.15) is 4.76 Å². The quantitative estimate of drug-likeness (QED) is 0.358. The van der Waals surface area contributed by atoms with Crippen molar-refractivity contribution in [2.75, 3.05) is 28.2 Å². The van der Waals surface area contributed by atoms with Crippen molar-refractivity contribution in [3.05, 3.63) is 0 Å². The average Bonchev–Trinajstić information content (AvgIpc) is 1.84. The minimum atomic E-state index is -2.91. The maximum atomic E-state index is 11.9. The average molecular weight is 193 g/mol. The normalized spacial score (nSPS) is 12.2. The molecule has 0 fully saturated rings. The van der Waals surface area contributed by atoms with Gasteiger partial charge in [-0.15, -0.1) is 0 Å². The number of hydrogen-bond acceptors (Lipinski definition) is 1. The standard InChI is InChI=1S/C5H16N5OP/c1-9(2)12(11,10(3)4)8-5(6)7/h1-4H3,(H4,6,7,8,11). The molecule has 0 rings (SSSR count). The van der Waals surface area contributed by atoms with Gasteiger partial charge in [0, 0.05) is 0 Å². The first-order valence-corrected chi connectivity index (χ1v) is 4.94. The summed E-state index contributed by atoms with van der Waals surface area (Å²) in [6.07, 6.45) is 0. The Labute approximate surface area is 72.8 Å². The molecule has 0 heterocycles. The van der Waals surface area contributed by atoms with Gasteiger partial charge in [-0.05, 0) is 28.2 Å². The fourth-order valence-electron chi connectivity index (χ4n) is 0.687. The Hall–Kier alpha value is -0.580. The van der Waals surface area contributed by atoms with Crippen LogP contribution in [0.15, 0.2) is 4.76 Å². The van der Waals surface area contributed by atoms with E-state index in [9.17, 15) is 4.57 Å². The largest absolute Gasteiger partial charge is 0.370 e. The SMILES string of the molecule is CN(C)P(=O)(N=C(N)N)N(C)C. The van der Waals surface area contributed by atoms with Gasteiger partial charge in [0.05, 0.1) is 0 Å². The van der Waals surface area contributed by atoms with Crippen molar-refractivity contribution in [1.29, 1.82) is 0 Å². The molecule has 0 aromatic carbocycles. The highest BCUT2D eigenvalue weighted by Gasteiger charge is 2.27. The third-order valence-corrected chi connectivity index (χ3v) is 3.86. The van der Waals surface area contributed by atoms with E-state index in [0.29, 0.717) is 0 Å². The second-order valence-electron chi connectivity index (χ2n) is 2.73. The van der Waals surface area contributed by atoms with Crippen LogP contribution in [-0.2, 0) is 4.57 Å². The van der Waals surface area contributed by atoms with Crippen LogP contribution in [0.5, 0.6) is 0 Å². The highest BCUT2D eigenvalue weighted by Crippen LogP contribution is 2.50. The van der Waals surface area contributed by atoms with Crippen molar-refractivity contribution in [2.45, 2.75) is 0 Å². The van der Waals surface area contributed by atoms with Gasteiger partial charge in [-0.25, -0.2) is 9.34 Å². The summed E-state index contributed by atoms with van der Waals surface area (Å²) in [6, 6.07) is 0. The number of hydrogen-bond donors (Lipinski definition) is 2. The fraction of sp³-hybridized carbons (Fsp3) is 0.800. The molecule has 7 heteroatoms. The number of nitrogens with zero attached hydrogens (tertiary/aromatic N) is 3. The zero-order chi connectivity index (χ0) is 9.94. The lowest BCUT2D eigenvalue weighted by Crippen LogP contribution is -2.27. The summed E-state index contributed by atoms with van der Waals surface area (Å²) in [7, 11) is 3.73. The van der Waals surface area contributed by atoms with Crippen LogP contribution in [0, 0.1) is 0 Å². The van der Waals surface area contributed by atoms with Crippen LogP contribution in [0.3, 0.4) is 0 Å². The van der Waals surface area contributed by atoms with Gasteiger partial charge in [0.1, 0.15) is 0 Å². The summed E-state index contributed by atoms with van der Waals surface area (Å²) < 4.78 is 18.6. The molecule has 0 radical (unpaired) electrons. The third-order valence-electron chi connectivity index (χ3n) is 1.29. The first-order valence-electron chi connectivity index (χ1n) is 3.37. The van der Waals surface area contributed by atoms with Crippen LogP contribution in [0.1, 0.15) is 0 Å². The maximum Gasteiger partial charge on any atom is 0.331 e. The second-order valence-corrected chi connectivity index (χ2v) is 5.56. The summed E-state index contributed by atoms with van der Waals surface area (Å²) in [6.45, 7) is 0. The topological polar surface area (TPSA) is 87.9 Å². The molecule has 0 atom stereocenters. The molecule has 72 valence electrons. The Morgan fingerprint density at radius 1 is 1.17 bits per heavy atom. The molecule has 6 nitrogen and oxygen atoms in total. The molecular weight excluding hydrogens is 177 g/mol. The first kappa shape index (κ1) is 11.4. The molecule has 0 saturated carbocycles. The van der Waals surface area contributed by atoms with Crippen LogP contribution in [0.4, 0.5) is 0 Å².